The lowest BCUT2D eigenvalue weighted by molar-refractivity contribution is 0.685. The number of benzene rings is 1. The highest BCUT2D eigenvalue weighted by Gasteiger charge is 2.15. The van der Waals surface area contributed by atoms with Crippen LogP contribution >= 0.6 is 0 Å². The minimum atomic E-state index is -1.16. The van der Waals surface area contributed by atoms with Crippen molar-refractivity contribution < 1.29 is 4.21 Å². The molecular weight excluding hydrogens is 424 g/mol. The molecule has 0 spiro atoms. The molecule has 4 aromatic rings. The molecule has 0 aliphatic rings. The molecule has 1 unspecified atom stereocenters. The summed E-state index contributed by atoms with van der Waals surface area (Å²) in [7, 11) is 0.647. The molecule has 166 valence electrons. The Morgan fingerprint density at radius 3 is 2.44 bits per heavy atom. The SMILES string of the molecule is Cc1ccc(Nc2cc(Nc3cnc(C)c(C)n3)nc3nc(C)[nH]c23)c(N(C)S(C)=O)c1. The van der Waals surface area contributed by atoms with Gasteiger partial charge in [-0.1, -0.05) is 6.07 Å². The Balaban J connectivity index is 1.77. The minimum absolute atomic E-state index is 0.577. The van der Waals surface area contributed by atoms with Crippen LogP contribution in [-0.2, 0) is 11.0 Å². The van der Waals surface area contributed by atoms with Gasteiger partial charge in [0.2, 0.25) is 0 Å². The molecule has 1 aromatic carbocycles. The van der Waals surface area contributed by atoms with Crippen molar-refractivity contribution in [2.45, 2.75) is 27.7 Å². The van der Waals surface area contributed by atoms with Crippen LogP contribution in [-0.4, -0.2) is 42.4 Å². The van der Waals surface area contributed by atoms with Crippen LogP contribution in [0.25, 0.3) is 11.2 Å². The molecule has 0 amide bonds. The van der Waals surface area contributed by atoms with Gasteiger partial charge in [0, 0.05) is 19.4 Å². The number of nitrogens with one attached hydrogen (secondary N) is 3. The molecule has 32 heavy (non-hydrogen) atoms. The summed E-state index contributed by atoms with van der Waals surface area (Å²) in [6.07, 6.45) is 3.34. The van der Waals surface area contributed by atoms with Crippen molar-refractivity contribution in [3.8, 4) is 0 Å². The second kappa shape index (κ2) is 8.54. The summed E-state index contributed by atoms with van der Waals surface area (Å²) in [6, 6.07) is 7.89. The van der Waals surface area contributed by atoms with Crippen LogP contribution in [0.15, 0.2) is 30.5 Å². The van der Waals surface area contributed by atoms with Crippen molar-refractivity contribution in [1.29, 1.82) is 0 Å². The quantitative estimate of drug-likeness (QED) is 0.404. The Hall–Kier alpha value is -3.53. The van der Waals surface area contributed by atoms with Gasteiger partial charge in [0.25, 0.3) is 0 Å². The molecule has 0 radical (unpaired) electrons. The number of fused-ring (bicyclic) bond motifs is 1. The van der Waals surface area contributed by atoms with Crippen molar-refractivity contribution >= 4 is 50.8 Å². The van der Waals surface area contributed by atoms with Crippen molar-refractivity contribution in [3.63, 3.8) is 0 Å². The van der Waals surface area contributed by atoms with E-state index in [4.69, 9.17) is 0 Å². The second-order valence-corrected chi connectivity index (χ2v) is 9.09. The highest BCUT2D eigenvalue weighted by Crippen LogP contribution is 2.33. The van der Waals surface area contributed by atoms with E-state index >= 15 is 0 Å². The van der Waals surface area contributed by atoms with Crippen molar-refractivity contribution in [1.82, 2.24) is 24.9 Å². The molecule has 0 saturated carbocycles. The van der Waals surface area contributed by atoms with Gasteiger partial charge in [-0.15, -0.1) is 0 Å². The van der Waals surface area contributed by atoms with Gasteiger partial charge >= 0.3 is 0 Å². The molecule has 0 aliphatic carbocycles. The largest absolute Gasteiger partial charge is 0.352 e. The number of H-pyrrole nitrogens is 1. The zero-order chi connectivity index (χ0) is 23.0. The zero-order valence-corrected chi connectivity index (χ0v) is 19.8. The van der Waals surface area contributed by atoms with Gasteiger partial charge in [0.15, 0.2) is 5.65 Å². The fraction of sp³-hybridized carbons (Fsp3) is 0.273. The van der Waals surface area contributed by atoms with E-state index in [1.54, 1.807) is 16.8 Å². The Labute approximate surface area is 189 Å². The smallest absolute Gasteiger partial charge is 0.181 e. The van der Waals surface area contributed by atoms with Gasteiger partial charge in [0.1, 0.15) is 34.0 Å². The number of hydrogen-bond acceptors (Lipinski definition) is 7. The first-order chi connectivity index (χ1) is 15.2. The van der Waals surface area contributed by atoms with E-state index in [-0.39, 0.29) is 0 Å². The van der Waals surface area contributed by atoms with Crippen LogP contribution < -0.4 is 14.9 Å². The minimum Gasteiger partial charge on any atom is -0.352 e. The summed E-state index contributed by atoms with van der Waals surface area (Å²) in [5.74, 6) is 1.95. The summed E-state index contributed by atoms with van der Waals surface area (Å²) in [5, 5.41) is 6.70. The molecule has 0 bridgehead atoms. The normalized spacial score (nSPS) is 12.1. The molecule has 10 heteroatoms. The van der Waals surface area contributed by atoms with Gasteiger partial charge in [0.05, 0.1) is 34.6 Å². The number of aromatic nitrogens is 5. The van der Waals surface area contributed by atoms with Crippen LogP contribution in [0.3, 0.4) is 0 Å². The number of rotatable bonds is 6. The van der Waals surface area contributed by atoms with Gasteiger partial charge in [-0.25, -0.2) is 19.2 Å². The fourth-order valence-corrected chi connectivity index (χ4v) is 3.72. The highest BCUT2D eigenvalue weighted by molar-refractivity contribution is 7.85. The van der Waals surface area contributed by atoms with Crippen molar-refractivity contribution in [2.75, 3.05) is 28.2 Å². The average Bonchev–Trinajstić information content (AvgIpc) is 3.11. The maximum atomic E-state index is 12.1. The highest BCUT2D eigenvalue weighted by atomic mass is 32.2. The van der Waals surface area contributed by atoms with E-state index in [9.17, 15) is 4.21 Å². The molecule has 0 saturated heterocycles. The lowest BCUT2D eigenvalue weighted by atomic mass is 10.2. The first-order valence-corrected chi connectivity index (χ1v) is 11.6. The fourth-order valence-electron chi connectivity index (χ4n) is 3.29. The number of aromatic amines is 1. The Kier molecular flexibility index (Phi) is 5.79. The van der Waals surface area contributed by atoms with E-state index in [0.29, 0.717) is 17.3 Å². The van der Waals surface area contributed by atoms with E-state index < -0.39 is 11.0 Å². The Morgan fingerprint density at radius 1 is 0.938 bits per heavy atom. The predicted octanol–water partition coefficient (Wildman–Crippen LogP) is 4.20. The molecule has 3 N–H and O–H groups in total. The second-order valence-electron chi connectivity index (χ2n) is 7.69. The summed E-state index contributed by atoms with van der Waals surface area (Å²) >= 11 is 0. The van der Waals surface area contributed by atoms with Crippen LogP contribution in [0.2, 0.25) is 0 Å². The Bertz CT molecular complexity index is 1330. The predicted molar refractivity (Wildman–Crippen MR) is 130 cm³/mol. The molecule has 9 nitrogen and oxygen atoms in total. The maximum Gasteiger partial charge on any atom is 0.181 e. The number of pyridine rings is 1. The maximum absolute atomic E-state index is 12.1. The summed E-state index contributed by atoms with van der Waals surface area (Å²) in [6.45, 7) is 7.74. The third-order valence-corrected chi connectivity index (χ3v) is 6.14. The first kappa shape index (κ1) is 21.7. The van der Waals surface area contributed by atoms with E-state index in [1.165, 1.54) is 0 Å². The number of nitrogens with zero attached hydrogens (tertiary/aromatic N) is 5. The van der Waals surface area contributed by atoms with Crippen molar-refractivity contribution in [3.05, 3.63) is 53.2 Å². The molecular formula is C22H26N8OS. The molecule has 0 aliphatic heterocycles. The molecule has 0 fully saturated rings. The standard InChI is InChI=1S/C22H26N8OS/c1-12-7-8-16(18(9-12)30(5)32(6)31)27-17-10-19(29-22-21(17)25-15(4)26-22)28-20-11-23-13(2)14(3)24-20/h7-11H,1-6H3,(H3,24,25,26,27,28,29). The number of hydrogen-bond donors (Lipinski definition) is 3. The van der Waals surface area contributed by atoms with E-state index in [0.717, 1.165) is 45.4 Å². The summed E-state index contributed by atoms with van der Waals surface area (Å²) in [4.78, 5) is 21.3. The van der Waals surface area contributed by atoms with E-state index in [2.05, 4.69) is 35.6 Å². The molecule has 1 atom stereocenters. The first-order valence-electron chi connectivity index (χ1n) is 10.1. The Morgan fingerprint density at radius 2 is 1.72 bits per heavy atom. The third-order valence-electron chi connectivity index (χ3n) is 5.18. The lowest BCUT2D eigenvalue weighted by Gasteiger charge is -2.21. The summed E-state index contributed by atoms with van der Waals surface area (Å²) < 4.78 is 13.9. The van der Waals surface area contributed by atoms with Crippen LogP contribution in [0.4, 0.5) is 28.7 Å². The molecule has 3 aromatic heterocycles. The van der Waals surface area contributed by atoms with Crippen molar-refractivity contribution in [2.24, 2.45) is 0 Å². The topological polar surface area (TPSA) is 112 Å². The lowest BCUT2D eigenvalue weighted by Crippen LogP contribution is -2.20. The van der Waals surface area contributed by atoms with Gasteiger partial charge in [-0.05, 0) is 45.4 Å². The average molecular weight is 451 g/mol. The van der Waals surface area contributed by atoms with Gasteiger partial charge in [-0.3, -0.25) is 9.29 Å². The van der Waals surface area contributed by atoms with Gasteiger partial charge < -0.3 is 15.6 Å². The monoisotopic (exact) mass is 450 g/mol. The van der Waals surface area contributed by atoms with Gasteiger partial charge in [-0.2, -0.15) is 0 Å². The number of anilines is 5. The number of aryl methyl sites for hydroxylation is 4. The van der Waals surface area contributed by atoms with E-state index in [1.807, 2.05) is 59.0 Å². The molecule has 3 heterocycles. The number of imidazole rings is 1. The summed E-state index contributed by atoms with van der Waals surface area (Å²) in [5.41, 5.74) is 6.62. The van der Waals surface area contributed by atoms with Crippen LogP contribution in [0, 0.1) is 27.7 Å². The van der Waals surface area contributed by atoms with Crippen LogP contribution in [0.5, 0.6) is 0 Å². The third kappa shape index (κ3) is 4.40. The van der Waals surface area contributed by atoms with Crippen LogP contribution in [0.1, 0.15) is 22.8 Å². The molecule has 4 rings (SSSR count). The zero-order valence-electron chi connectivity index (χ0n) is 18.9.